The number of benzene rings is 1. The van der Waals surface area contributed by atoms with Crippen molar-refractivity contribution in [2.45, 2.75) is 25.4 Å². The zero-order valence-corrected chi connectivity index (χ0v) is 11.0. The highest BCUT2D eigenvalue weighted by Gasteiger charge is 2.29. The smallest absolute Gasteiger partial charge is 0.387 e. The monoisotopic (exact) mass is 279 g/mol. The van der Waals surface area contributed by atoms with Gasteiger partial charge in [0.2, 0.25) is 0 Å². The average Bonchev–Trinajstić information content (AvgIpc) is 3.20. The number of hydrogen-bond acceptors (Lipinski definition) is 3. The molecule has 0 saturated heterocycles. The van der Waals surface area contributed by atoms with E-state index in [1.807, 2.05) is 11.6 Å². The van der Waals surface area contributed by atoms with Gasteiger partial charge >= 0.3 is 6.61 Å². The van der Waals surface area contributed by atoms with E-state index < -0.39 is 6.61 Å². The Balaban J connectivity index is 1.90. The highest BCUT2D eigenvalue weighted by Crippen LogP contribution is 2.41. The highest BCUT2D eigenvalue weighted by atomic mass is 19.3. The molecule has 1 saturated carbocycles. The summed E-state index contributed by atoms with van der Waals surface area (Å²) in [6, 6.07) is 6.36. The number of rotatable bonds is 4. The van der Waals surface area contributed by atoms with Crippen molar-refractivity contribution in [3.8, 4) is 17.0 Å². The molecular formula is C14H15F2N3O. The molecule has 6 heteroatoms. The van der Waals surface area contributed by atoms with Crippen molar-refractivity contribution in [3.05, 3.63) is 30.1 Å². The first-order valence-corrected chi connectivity index (χ1v) is 6.43. The number of aromatic nitrogens is 2. The minimum atomic E-state index is -2.82. The van der Waals surface area contributed by atoms with Crippen molar-refractivity contribution < 1.29 is 13.5 Å². The van der Waals surface area contributed by atoms with Crippen molar-refractivity contribution in [3.63, 3.8) is 0 Å². The van der Waals surface area contributed by atoms with Gasteiger partial charge in [-0.1, -0.05) is 0 Å². The van der Waals surface area contributed by atoms with Gasteiger partial charge in [0.1, 0.15) is 23.1 Å². The van der Waals surface area contributed by atoms with E-state index >= 15 is 0 Å². The number of nitrogens with zero attached hydrogens (tertiary/aromatic N) is 2. The van der Waals surface area contributed by atoms with Gasteiger partial charge in [-0.15, -0.1) is 0 Å². The molecule has 1 aliphatic carbocycles. The maximum Gasteiger partial charge on any atom is 0.387 e. The fourth-order valence-corrected chi connectivity index (χ4v) is 2.24. The number of nitrogens with two attached hydrogens (primary N) is 1. The Morgan fingerprint density at radius 2 is 1.95 bits per heavy atom. The molecule has 0 bridgehead atoms. The van der Waals surface area contributed by atoms with Gasteiger partial charge in [-0.2, -0.15) is 8.78 Å². The maximum absolute atomic E-state index is 12.1. The molecule has 20 heavy (non-hydrogen) atoms. The first-order chi connectivity index (χ1) is 9.56. The van der Waals surface area contributed by atoms with Crippen LogP contribution in [0.5, 0.6) is 5.75 Å². The largest absolute Gasteiger partial charge is 0.435 e. The first kappa shape index (κ1) is 12.9. The fraction of sp³-hybridized carbons (Fsp3) is 0.357. The van der Waals surface area contributed by atoms with E-state index in [4.69, 9.17) is 5.73 Å². The number of ether oxygens (including phenoxy) is 1. The number of halogens is 2. The van der Waals surface area contributed by atoms with Crippen molar-refractivity contribution in [1.29, 1.82) is 0 Å². The van der Waals surface area contributed by atoms with Crippen LogP contribution in [0.1, 0.15) is 24.6 Å². The van der Waals surface area contributed by atoms with E-state index in [2.05, 4.69) is 9.72 Å². The fourth-order valence-electron chi connectivity index (χ4n) is 2.24. The molecule has 0 unspecified atom stereocenters. The molecule has 4 nitrogen and oxygen atoms in total. The zero-order valence-electron chi connectivity index (χ0n) is 11.0. The zero-order chi connectivity index (χ0) is 14.3. The Morgan fingerprint density at radius 1 is 1.30 bits per heavy atom. The summed E-state index contributed by atoms with van der Waals surface area (Å²) in [5, 5.41) is 0. The summed E-state index contributed by atoms with van der Waals surface area (Å²) in [5.74, 6) is 2.21. The molecule has 0 aliphatic heterocycles. The van der Waals surface area contributed by atoms with Crippen molar-refractivity contribution >= 4 is 5.82 Å². The third-order valence-electron chi connectivity index (χ3n) is 3.47. The highest BCUT2D eigenvalue weighted by molar-refractivity contribution is 5.71. The third-order valence-corrected chi connectivity index (χ3v) is 3.47. The Kier molecular flexibility index (Phi) is 3.08. The molecule has 0 radical (unpaired) electrons. The van der Waals surface area contributed by atoms with Crippen LogP contribution in [0.4, 0.5) is 14.6 Å². The Morgan fingerprint density at radius 3 is 2.50 bits per heavy atom. The van der Waals surface area contributed by atoms with Gasteiger partial charge in [-0.3, -0.25) is 0 Å². The summed E-state index contributed by atoms with van der Waals surface area (Å²) in [4.78, 5) is 4.58. The standard InChI is InChI=1S/C14H15F2N3O/c1-19-12(17)11(18-13(19)9-2-3-9)8-4-6-10(7-5-8)20-14(15)16/h4-7,9,14H,2-3,17H2,1H3. The topological polar surface area (TPSA) is 53.1 Å². The van der Waals surface area contributed by atoms with E-state index in [1.165, 1.54) is 12.1 Å². The first-order valence-electron chi connectivity index (χ1n) is 6.43. The van der Waals surface area contributed by atoms with E-state index in [0.717, 1.165) is 24.2 Å². The lowest BCUT2D eigenvalue weighted by Crippen LogP contribution is -2.01. The van der Waals surface area contributed by atoms with E-state index in [-0.39, 0.29) is 5.75 Å². The quantitative estimate of drug-likeness (QED) is 0.935. The summed E-state index contributed by atoms with van der Waals surface area (Å²) in [6.45, 7) is -2.82. The van der Waals surface area contributed by atoms with Gasteiger partial charge in [0, 0.05) is 18.5 Å². The number of alkyl halides is 2. The van der Waals surface area contributed by atoms with Crippen molar-refractivity contribution in [2.75, 3.05) is 5.73 Å². The summed E-state index contributed by atoms with van der Waals surface area (Å²) >= 11 is 0. The lowest BCUT2D eigenvalue weighted by atomic mass is 10.1. The van der Waals surface area contributed by atoms with Gasteiger partial charge in [0.05, 0.1) is 0 Å². The van der Waals surface area contributed by atoms with Gasteiger partial charge in [-0.25, -0.2) is 4.98 Å². The van der Waals surface area contributed by atoms with Crippen LogP contribution in [0.2, 0.25) is 0 Å². The molecule has 0 amide bonds. The number of anilines is 1. The molecule has 1 aliphatic rings. The molecule has 2 aromatic rings. The van der Waals surface area contributed by atoms with Crippen LogP contribution in [0.15, 0.2) is 24.3 Å². The van der Waals surface area contributed by atoms with Crippen LogP contribution in [0.3, 0.4) is 0 Å². The second kappa shape index (κ2) is 4.77. The van der Waals surface area contributed by atoms with Crippen LogP contribution in [0, 0.1) is 0 Å². The van der Waals surface area contributed by atoms with Crippen molar-refractivity contribution in [1.82, 2.24) is 9.55 Å². The number of imidazole rings is 1. The van der Waals surface area contributed by atoms with Gasteiger partial charge in [0.25, 0.3) is 0 Å². The minimum absolute atomic E-state index is 0.126. The Bertz CT molecular complexity index is 618. The summed E-state index contributed by atoms with van der Waals surface area (Å²) < 4.78 is 30.4. The third kappa shape index (κ3) is 2.33. The predicted octanol–water partition coefficient (Wildman–Crippen LogP) is 3.15. The molecule has 1 fully saturated rings. The summed E-state index contributed by atoms with van der Waals surface area (Å²) in [5.41, 5.74) is 7.56. The van der Waals surface area contributed by atoms with Crippen LogP contribution < -0.4 is 10.5 Å². The lowest BCUT2D eigenvalue weighted by molar-refractivity contribution is -0.0498. The van der Waals surface area contributed by atoms with Crippen LogP contribution >= 0.6 is 0 Å². The Labute approximate surface area is 115 Å². The number of hydrogen-bond donors (Lipinski definition) is 1. The van der Waals surface area contributed by atoms with Crippen LogP contribution in [-0.2, 0) is 7.05 Å². The van der Waals surface area contributed by atoms with E-state index in [9.17, 15) is 8.78 Å². The molecule has 0 atom stereocenters. The van der Waals surface area contributed by atoms with Gasteiger partial charge in [-0.05, 0) is 37.1 Å². The van der Waals surface area contributed by atoms with Crippen LogP contribution in [-0.4, -0.2) is 16.2 Å². The molecule has 1 heterocycles. The molecule has 3 rings (SSSR count). The molecular weight excluding hydrogens is 264 g/mol. The molecule has 106 valence electrons. The van der Waals surface area contributed by atoms with Gasteiger partial charge in [0.15, 0.2) is 0 Å². The second-order valence-electron chi connectivity index (χ2n) is 4.94. The van der Waals surface area contributed by atoms with E-state index in [0.29, 0.717) is 17.4 Å². The minimum Gasteiger partial charge on any atom is -0.435 e. The molecule has 2 N–H and O–H groups in total. The predicted molar refractivity (Wildman–Crippen MR) is 71.7 cm³/mol. The number of nitrogen functional groups attached to an aromatic ring is 1. The average molecular weight is 279 g/mol. The van der Waals surface area contributed by atoms with E-state index in [1.54, 1.807) is 12.1 Å². The molecule has 1 aromatic heterocycles. The Hall–Kier alpha value is -2.11. The van der Waals surface area contributed by atoms with Crippen molar-refractivity contribution in [2.24, 2.45) is 7.05 Å². The summed E-state index contributed by atoms with van der Waals surface area (Å²) in [7, 11) is 1.90. The maximum atomic E-state index is 12.1. The second-order valence-corrected chi connectivity index (χ2v) is 4.94. The normalized spacial score (nSPS) is 14.8. The summed E-state index contributed by atoms with van der Waals surface area (Å²) in [6.07, 6.45) is 2.29. The lowest BCUT2D eigenvalue weighted by Gasteiger charge is -2.05. The SMILES string of the molecule is Cn1c(C2CC2)nc(-c2ccc(OC(F)F)cc2)c1N. The van der Waals surface area contributed by atoms with Gasteiger partial charge < -0.3 is 15.0 Å². The molecule has 0 spiro atoms. The van der Waals surface area contributed by atoms with Crippen LogP contribution in [0.25, 0.3) is 11.3 Å². The molecule has 1 aromatic carbocycles.